The summed E-state index contributed by atoms with van der Waals surface area (Å²) in [6.07, 6.45) is 9.42. The Morgan fingerprint density at radius 3 is 2.55 bits per heavy atom. The maximum Gasteiger partial charge on any atom is 0.166 e. The molecule has 2 bridgehead atoms. The van der Waals surface area contributed by atoms with Crippen LogP contribution in [0, 0.1) is 11.8 Å². The van der Waals surface area contributed by atoms with E-state index in [1.807, 2.05) is 13.2 Å². The van der Waals surface area contributed by atoms with Crippen molar-refractivity contribution in [2.45, 2.75) is 93.7 Å². The summed E-state index contributed by atoms with van der Waals surface area (Å²) in [7, 11) is 1.87. The Balaban J connectivity index is 1.26. The molecule has 4 fully saturated rings. The smallest absolute Gasteiger partial charge is 0.166 e. The van der Waals surface area contributed by atoms with E-state index >= 15 is 0 Å². The van der Waals surface area contributed by atoms with Gasteiger partial charge in [0.2, 0.25) is 0 Å². The van der Waals surface area contributed by atoms with Gasteiger partial charge in [-0.3, -0.25) is 4.90 Å². The molecule has 202 valence electrons. The monoisotopic (exact) mass is 515 g/mol. The molecule has 0 aromatic heterocycles. The van der Waals surface area contributed by atoms with Gasteiger partial charge in [-0.05, 0) is 93.9 Å². The van der Waals surface area contributed by atoms with E-state index in [0.29, 0.717) is 12.6 Å². The van der Waals surface area contributed by atoms with Gasteiger partial charge in [0.1, 0.15) is 18.3 Å². The second-order valence-corrected chi connectivity index (χ2v) is 13.2. The third kappa shape index (κ3) is 3.34. The Bertz CT molecular complexity index is 1230. The lowest BCUT2D eigenvalue weighted by atomic mass is 9.46. The molecular weight excluding hydrogens is 474 g/mol. The molecule has 1 unspecified atom stereocenters. The van der Waals surface area contributed by atoms with Crippen molar-refractivity contribution >= 4 is 0 Å². The normalized spacial score (nSPS) is 37.0. The molecule has 5 nitrogen and oxygen atoms in total. The summed E-state index contributed by atoms with van der Waals surface area (Å²) in [5, 5.41) is 0. The number of rotatable bonds is 9. The second-order valence-electron chi connectivity index (χ2n) is 13.2. The minimum Gasteiger partial charge on any atom is -0.485 e. The van der Waals surface area contributed by atoms with E-state index in [2.05, 4.69) is 48.2 Å². The Labute approximate surface area is 226 Å². The van der Waals surface area contributed by atoms with Crippen molar-refractivity contribution in [2.24, 2.45) is 11.8 Å². The summed E-state index contributed by atoms with van der Waals surface area (Å²) in [6, 6.07) is 15.3. The molecule has 0 N–H and O–H groups in total. The van der Waals surface area contributed by atoms with Gasteiger partial charge in [-0.25, -0.2) is 0 Å². The summed E-state index contributed by atoms with van der Waals surface area (Å²) in [6.45, 7) is 6.04. The van der Waals surface area contributed by atoms with Crippen LogP contribution in [-0.2, 0) is 27.9 Å². The van der Waals surface area contributed by atoms with Crippen molar-refractivity contribution in [3.8, 4) is 11.5 Å². The first-order valence-electron chi connectivity index (χ1n) is 15.0. The molecule has 2 aliphatic heterocycles. The molecule has 0 amide bonds. The minimum atomic E-state index is -0.361. The molecule has 2 heterocycles. The first-order chi connectivity index (χ1) is 18.6. The maximum absolute atomic E-state index is 7.34. The van der Waals surface area contributed by atoms with Crippen LogP contribution in [0.4, 0.5) is 0 Å². The zero-order valence-electron chi connectivity index (χ0n) is 22.9. The number of ether oxygens (including phenoxy) is 4. The molecular formula is C33H41NO4. The summed E-state index contributed by atoms with van der Waals surface area (Å²) < 4.78 is 27.3. The van der Waals surface area contributed by atoms with Gasteiger partial charge in [0.05, 0.1) is 17.6 Å². The van der Waals surface area contributed by atoms with Gasteiger partial charge in [-0.15, -0.1) is 0 Å². The first kappa shape index (κ1) is 23.8. The van der Waals surface area contributed by atoms with Crippen molar-refractivity contribution < 1.29 is 18.9 Å². The minimum absolute atomic E-state index is 0.0750. The van der Waals surface area contributed by atoms with Gasteiger partial charge in [-0.1, -0.05) is 36.4 Å². The molecule has 0 radical (unpaired) electrons. The van der Waals surface area contributed by atoms with Crippen LogP contribution in [-0.4, -0.2) is 55.1 Å². The van der Waals surface area contributed by atoms with Gasteiger partial charge in [-0.2, -0.15) is 0 Å². The molecule has 2 aromatic carbocycles. The number of hydrogen-bond acceptors (Lipinski definition) is 5. The lowest BCUT2D eigenvalue weighted by molar-refractivity contribution is -0.257. The van der Waals surface area contributed by atoms with Gasteiger partial charge < -0.3 is 18.9 Å². The standard InChI is InChI=1S/C33H41NO4/c1-31(35-2)14-15-33(37-21-24-10-11-24)27-18-25-12-13-26(36-20-23-6-4-3-5-7-23)29-28(25)32(33,30(31)38-29)16-17-34(27)19-22-8-9-22/h3-7,12-13,22,24,27,30H,8-11,14-21H2,1-2H3/t27-,30+,31?,32+,33-/m1/s1. The number of piperidine rings is 1. The van der Waals surface area contributed by atoms with E-state index in [1.54, 1.807) is 0 Å². The lowest BCUT2D eigenvalue weighted by Gasteiger charge is -2.67. The highest BCUT2D eigenvalue weighted by Crippen LogP contribution is 2.69. The highest BCUT2D eigenvalue weighted by Gasteiger charge is 2.76. The Hall–Kier alpha value is -2.08. The molecule has 6 aliphatic rings. The summed E-state index contributed by atoms with van der Waals surface area (Å²) in [5.41, 5.74) is 3.19. The van der Waals surface area contributed by atoms with E-state index in [4.69, 9.17) is 18.9 Å². The fraction of sp³-hybridized carbons (Fsp3) is 0.636. The molecule has 38 heavy (non-hydrogen) atoms. The fourth-order valence-corrected chi connectivity index (χ4v) is 8.56. The quantitative estimate of drug-likeness (QED) is 0.430. The van der Waals surface area contributed by atoms with Crippen LogP contribution in [0.1, 0.15) is 68.6 Å². The zero-order chi connectivity index (χ0) is 25.5. The van der Waals surface area contributed by atoms with Crippen LogP contribution in [0.15, 0.2) is 42.5 Å². The van der Waals surface area contributed by atoms with Crippen LogP contribution in [0.5, 0.6) is 11.5 Å². The van der Waals surface area contributed by atoms with Crippen LogP contribution in [0.25, 0.3) is 0 Å². The van der Waals surface area contributed by atoms with Crippen molar-refractivity contribution in [3.05, 3.63) is 59.2 Å². The highest BCUT2D eigenvalue weighted by molar-refractivity contribution is 5.63. The highest BCUT2D eigenvalue weighted by atomic mass is 16.6. The maximum atomic E-state index is 7.34. The Morgan fingerprint density at radius 2 is 1.79 bits per heavy atom. The van der Waals surface area contributed by atoms with E-state index in [9.17, 15) is 0 Å². The van der Waals surface area contributed by atoms with Crippen LogP contribution in [0.2, 0.25) is 0 Å². The topological polar surface area (TPSA) is 40.2 Å². The number of benzene rings is 2. The molecule has 5 heteroatoms. The predicted molar refractivity (Wildman–Crippen MR) is 146 cm³/mol. The third-order valence-electron chi connectivity index (χ3n) is 11.0. The van der Waals surface area contributed by atoms with E-state index < -0.39 is 0 Å². The van der Waals surface area contributed by atoms with Gasteiger partial charge in [0, 0.05) is 25.3 Å². The lowest BCUT2D eigenvalue weighted by Crippen LogP contribution is -2.79. The zero-order valence-corrected chi connectivity index (χ0v) is 22.9. The van der Waals surface area contributed by atoms with Crippen molar-refractivity contribution in [3.63, 3.8) is 0 Å². The molecule has 3 saturated carbocycles. The van der Waals surface area contributed by atoms with Crippen molar-refractivity contribution in [1.29, 1.82) is 0 Å². The second kappa shape index (κ2) is 8.46. The Kier molecular flexibility index (Phi) is 5.29. The third-order valence-corrected chi connectivity index (χ3v) is 11.0. The van der Waals surface area contributed by atoms with Crippen molar-refractivity contribution in [2.75, 3.05) is 26.8 Å². The molecule has 2 aromatic rings. The van der Waals surface area contributed by atoms with Gasteiger partial charge in [0.25, 0.3) is 0 Å². The number of methoxy groups -OCH3 is 1. The first-order valence-corrected chi connectivity index (χ1v) is 15.0. The van der Waals surface area contributed by atoms with Crippen molar-refractivity contribution in [1.82, 2.24) is 4.90 Å². The molecule has 4 aliphatic carbocycles. The molecule has 5 atom stereocenters. The SMILES string of the molecule is COC1(C)CC[C@@]2(OCC3CC3)[C@H]3Cc4ccc(OCc5ccccc5)c5c4[C@@]2(CCN3CC2CC2)[C@H]1O5. The van der Waals surface area contributed by atoms with E-state index in [1.165, 1.54) is 48.9 Å². The molecule has 8 rings (SSSR count). The summed E-state index contributed by atoms with van der Waals surface area (Å²) in [4.78, 5) is 2.82. The van der Waals surface area contributed by atoms with E-state index in [-0.39, 0.29) is 22.7 Å². The summed E-state index contributed by atoms with van der Waals surface area (Å²) >= 11 is 0. The average Bonchev–Trinajstić information content (AvgIpc) is 3.88. The number of hydrogen-bond donors (Lipinski definition) is 0. The summed E-state index contributed by atoms with van der Waals surface area (Å²) in [5.74, 6) is 3.43. The van der Waals surface area contributed by atoms with Gasteiger partial charge >= 0.3 is 0 Å². The van der Waals surface area contributed by atoms with Crippen LogP contribution < -0.4 is 9.47 Å². The van der Waals surface area contributed by atoms with Crippen LogP contribution >= 0.6 is 0 Å². The average molecular weight is 516 g/mol. The number of nitrogens with zero attached hydrogens (tertiary/aromatic N) is 1. The number of likely N-dealkylation sites (tertiary alicyclic amines) is 1. The fourth-order valence-electron chi connectivity index (χ4n) is 8.56. The molecule has 1 saturated heterocycles. The predicted octanol–water partition coefficient (Wildman–Crippen LogP) is 5.67. The Morgan fingerprint density at radius 1 is 0.974 bits per heavy atom. The van der Waals surface area contributed by atoms with E-state index in [0.717, 1.165) is 62.2 Å². The molecule has 1 spiro atoms. The largest absolute Gasteiger partial charge is 0.485 e. The van der Waals surface area contributed by atoms with Gasteiger partial charge in [0.15, 0.2) is 11.5 Å². The van der Waals surface area contributed by atoms with Crippen LogP contribution in [0.3, 0.4) is 0 Å².